The summed E-state index contributed by atoms with van der Waals surface area (Å²) in [5.41, 5.74) is 0.685. The lowest BCUT2D eigenvalue weighted by molar-refractivity contribution is -0.131. The second-order valence-corrected chi connectivity index (χ2v) is 4.27. The molecule has 1 aromatic rings. The van der Waals surface area contributed by atoms with E-state index in [9.17, 15) is 4.79 Å². The molecule has 5 heteroatoms. The number of hydrogen-bond acceptors (Lipinski definition) is 2. The Morgan fingerprint density at radius 3 is 2.79 bits per heavy atom. The van der Waals surface area contributed by atoms with Crippen LogP contribution >= 0.6 is 40.2 Å². The smallest absolute Gasteiger partial charge is 0.341 e. The summed E-state index contributed by atoms with van der Waals surface area (Å²) in [6, 6.07) is 5.11. The van der Waals surface area contributed by atoms with E-state index < -0.39 is 5.97 Å². The van der Waals surface area contributed by atoms with Gasteiger partial charge in [0.25, 0.3) is 0 Å². The summed E-state index contributed by atoms with van der Waals surface area (Å²) in [4.78, 5) is 10.5. The quantitative estimate of drug-likeness (QED) is 0.647. The molecule has 0 aliphatic heterocycles. The van der Waals surface area contributed by atoms with E-state index in [1.807, 2.05) is 0 Å². The van der Waals surface area contributed by atoms with Crippen LogP contribution in [0.25, 0.3) is 6.08 Å². The number of thiol groups is 1. The molecule has 14 heavy (non-hydrogen) atoms. The highest BCUT2D eigenvalue weighted by atomic mass is 79.9. The summed E-state index contributed by atoms with van der Waals surface area (Å²) < 4.78 is 0.773. The Labute approximate surface area is 100 Å². The molecule has 0 saturated heterocycles. The molecule has 1 N–H and O–H groups in total. The van der Waals surface area contributed by atoms with Crippen molar-refractivity contribution in [3.8, 4) is 0 Å². The van der Waals surface area contributed by atoms with E-state index in [-0.39, 0.29) is 4.91 Å². The van der Waals surface area contributed by atoms with E-state index in [0.717, 1.165) is 4.47 Å². The minimum absolute atomic E-state index is 0.0343. The van der Waals surface area contributed by atoms with E-state index in [2.05, 4.69) is 28.6 Å². The SMILES string of the molecule is O=C(O)/C(S)=C/c1cc(Cl)ccc1Br. The number of carboxylic acids is 1. The lowest BCUT2D eigenvalue weighted by Crippen LogP contribution is -1.93. The fraction of sp³-hybridized carbons (Fsp3) is 0. The summed E-state index contributed by atoms with van der Waals surface area (Å²) >= 11 is 12.9. The molecular weight excluding hydrogens is 288 g/mol. The molecule has 1 aromatic carbocycles. The van der Waals surface area contributed by atoms with E-state index in [0.29, 0.717) is 10.6 Å². The highest BCUT2D eigenvalue weighted by Gasteiger charge is 2.03. The molecule has 2 nitrogen and oxygen atoms in total. The summed E-state index contributed by atoms with van der Waals surface area (Å²) in [5, 5.41) is 9.16. The molecule has 0 radical (unpaired) electrons. The Balaban J connectivity index is 3.13. The van der Waals surface area contributed by atoms with Crippen molar-refractivity contribution in [2.75, 3.05) is 0 Å². The van der Waals surface area contributed by atoms with Gasteiger partial charge in [-0.15, -0.1) is 12.6 Å². The van der Waals surface area contributed by atoms with E-state index in [4.69, 9.17) is 16.7 Å². The molecule has 0 bridgehead atoms. The van der Waals surface area contributed by atoms with Gasteiger partial charge < -0.3 is 5.11 Å². The topological polar surface area (TPSA) is 37.3 Å². The van der Waals surface area contributed by atoms with Gasteiger partial charge in [0.15, 0.2) is 0 Å². The van der Waals surface area contributed by atoms with Crippen LogP contribution in [0, 0.1) is 0 Å². The molecule has 0 aromatic heterocycles. The Hall–Kier alpha value is -0.450. The number of hydrogen-bond donors (Lipinski definition) is 2. The van der Waals surface area contributed by atoms with Gasteiger partial charge in [0.2, 0.25) is 0 Å². The minimum Gasteiger partial charge on any atom is -0.477 e. The second-order valence-electron chi connectivity index (χ2n) is 2.50. The van der Waals surface area contributed by atoms with Gasteiger partial charge in [-0.3, -0.25) is 0 Å². The molecule has 0 heterocycles. The van der Waals surface area contributed by atoms with Gasteiger partial charge in [0, 0.05) is 9.50 Å². The lowest BCUT2D eigenvalue weighted by atomic mass is 10.2. The summed E-state index contributed by atoms with van der Waals surface area (Å²) in [7, 11) is 0. The zero-order valence-electron chi connectivity index (χ0n) is 6.87. The molecule has 74 valence electrons. The van der Waals surface area contributed by atoms with E-state index in [1.165, 1.54) is 6.08 Å². The molecule has 0 fully saturated rings. The molecule has 0 atom stereocenters. The number of halogens is 2. The van der Waals surface area contributed by atoms with Crippen molar-refractivity contribution in [1.82, 2.24) is 0 Å². The summed E-state index contributed by atoms with van der Waals surface area (Å²) in [5.74, 6) is -1.07. The Bertz CT molecular complexity index is 404. The molecule has 0 amide bonds. The van der Waals surface area contributed by atoms with Crippen molar-refractivity contribution >= 4 is 52.2 Å². The Morgan fingerprint density at radius 1 is 1.57 bits per heavy atom. The maximum atomic E-state index is 10.5. The first-order chi connectivity index (χ1) is 6.50. The average molecular weight is 294 g/mol. The monoisotopic (exact) mass is 292 g/mol. The molecule has 1 rings (SSSR count). The van der Waals surface area contributed by atoms with Crippen LogP contribution in [0.4, 0.5) is 0 Å². The van der Waals surface area contributed by atoms with Crippen LogP contribution in [-0.2, 0) is 4.79 Å². The largest absolute Gasteiger partial charge is 0.477 e. The third kappa shape index (κ3) is 3.04. The normalized spacial score (nSPS) is 11.5. The molecular formula is C9H6BrClO2S. The fourth-order valence-corrected chi connectivity index (χ4v) is 1.51. The minimum atomic E-state index is -1.07. The van der Waals surface area contributed by atoms with Gasteiger partial charge in [0.05, 0.1) is 4.91 Å². The number of benzene rings is 1. The average Bonchev–Trinajstić information content (AvgIpc) is 2.11. The highest BCUT2D eigenvalue weighted by molar-refractivity contribution is 9.10. The van der Waals surface area contributed by atoms with Gasteiger partial charge >= 0.3 is 5.97 Å². The van der Waals surface area contributed by atoms with Crippen LogP contribution in [0.5, 0.6) is 0 Å². The number of rotatable bonds is 2. The maximum Gasteiger partial charge on any atom is 0.341 e. The number of carboxylic acid groups (broad SMARTS) is 1. The molecule has 0 saturated carbocycles. The zero-order chi connectivity index (χ0) is 10.7. The maximum absolute atomic E-state index is 10.5. The van der Waals surface area contributed by atoms with Crippen LogP contribution in [0.15, 0.2) is 27.6 Å². The van der Waals surface area contributed by atoms with Crippen molar-refractivity contribution in [3.63, 3.8) is 0 Å². The van der Waals surface area contributed by atoms with Crippen LogP contribution in [0.2, 0.25) is 5.02 Å². The molecule has 0 unspecified atom stereocenters. The molecule has 0 aliphatic carbocycles. The van der Waals surface area contributed by atoms with Crippen molar-refractivity contribution in [2.24, 2.45) is 0 Å². The predicted octanol–water partition coefficient (Wildman–Crippen LogP) is 3.46. The summed E-state index contributed by atoms with van der Waals surface area (Å²) in [6.07, 6.45) is 1.43. The highest BCUT2D eigenvalue weighted by Crippen LogP contribution is 2.24. The van der Waals surface area contributed by atoms with Gasteiger partial charge in [-0.2, -0.15) is 0 Å². The van der Waals surface area contributed by atoms with Crippen molar-refractivity contribution in [1.29, 1.82) is 0 Å². The fourth-order valence-electron chi connectivity index (χ4n) is 0.834. The first-order valence-corrected chi connectivity index (χ1v) is 5.21. The first-order valence-electron chi connectivity index (χ1n) is 3.59. The molecule has 0 spiro atoms. The van der Waals surface area contributed by atoms with Gasteiger partial charge in [-0.25, -0.2) is 4.79 Å². The molecule has 0 aliphatic rings. The Morgan fingerprint density at radius 2 is 2.21 bits per heavy atom. The van der Waals surface area contributed by atoms with Gasteiger partial charge in [-0.05, 0) is 29.8 Å². The van der Waals surface area contributed by atoms with Crippen molar-refractivity contribution < 1.29 is 9.90 Å². The van der Waals surface area contributed by atoms with Crippen LogP contribution in [0.3, 0.4) is 0 Å². The summed E-state index contributed by atoms with van der Waals surface area (Å²) in [6.45, 7) is 0. The van der Waals surface area contributed by atoms with Crippen LogP contribution < -0.4 is 0 Å². The van der Waals surface area contributed by atoms with Gasteiger partial charge in [0.1, 0.15) is 0 Å². The second kappa shape index (κ2) is 4.87. The Kier molecular flexibility index (Phi) is 4.04. The van der Waals surface area contributed by atoms with E-state index >= 15 is 0 Å². The van der Waals surface area contributed by atoms with Gasteiger partial charge in [-0.1, -0.05) is 27.5 Å². The van der Waals surface area contributed by atoms with Crippen LogP contribution in [0.1, 0.15) is 5.56 Å². The first kappa shape index (κ1) is 11.6. The standard InChI is InChI=1S/C9H6BrClO2S/c10-7-2-1-6(11)3-5(7)4-8(14)9(12)13/h1-4,14H,(H,12,13)/b8-4-. The lowest BCUT2D eigenvalue weighted by Gasteiger charge is -1.99. The van der Waals surface area contributed by atoms with Crippen molar-refractivity contribution in [3.05, 3.63) is 38.2 Å². The number of aliphatic carboxylic acids is 1. The third-order valence-corrected chi connectivity index (χ3v) is 2.75. The third-order valence-electron chi connectivity index (χ3n) is 1.47. The zero-order valence-corrected chi connectivity index (χ0v) is 10.1. The van der Waals surface area contributed by atoms with Crippen LogP contribution in [-0.4, -0.2) is 11.1 Å². The predicted molar refractivity (Wildman–Crippen MR) is 63.8 cm³/mol. The number of carbonyl (C=O) groups is 1. The van der Waals surface area contributed by atoms with E-state index in [1.54, 1.807) is 18.2 Å². The van der Waals surface area contributed by atoms with Crippen molar-refractivity contribution in [2.45, 2.75) is 0 Å².